The molecule has 0 atom stereocenters. The normalized spacial score (nSPS) is 12.3. The van der Waals surface area contributed by atoms with E-state index in [1.165, 1.54) is 84.9 Å². The zero-order valence-corrected chi connectivity index (χ0v) is 40.8. The Bertz CT molecular complexity index is 3230. The van der Waals surface area contributed by atoms with Crippen LogP contribution in [0.3, 0.4) is 0 Å². The molecule has 442 valence electrons. The van der Waals surface area contributed by atoms with E-state index in [-0.39, 0.29) is 33.4 Å². The van der Waals surface area contributed by atoms with Gasteiger partial charge in [-0.2, -0.15) is 65.9 Å². The van der Waals surface area contributed by atoms with Crippen LogP contribution in [-0.2, 0) is 30.9 Å². The van der Waals surface area contributed by atoms with Crippen LogP contribution in [0, 0.1) is 0 Å². The summed E-state index contributed by atoms with van der Waals surface area (Å²) in [6.07, 6.45) is -37.8. The van der Waals surface area contributed by atoms with Crippen LogP contribution in [0.2, 0.25) is 0 Å². The molecule has 0 N–H and O–H groups in total. The maximum Gasteiger partial charge on any atom is 0.573 e. The summed E-state index contributed by atoms with van der Waals surface area (Å²) in [7, 11) is 0. The van der Waals surface area contributed by atoms with E-state index in [9.17, 15) is 105 Å². The zero-order valence-electron chi connectivity index (χ0n) is 40.8. The highest BCUT2D eigenvalue weighted by Crippen LogP contribution is 2.44. The maximum absolute atomic E-state index is 12.9. The topological polar surface area (TPSA) is 27.7 Å². The van der Waals surface area contributed by atoms with Crippen molar-refractivity contribution in [2.24, 2.45) is 0 Å². The van der Waals surface area contributed by atoms with Gasteiger partial charge in [0.25, 0.3) is 0 Å². The molecule has 0 aromatic heterocycles. The van der Waals surface area contributed by atoms with Gasteiger partial charge in [0, 0.05) is 5.56 Å². The Morgan fingerprint density at radius 3 is 0.783 bits per heavy atom. The number of halogens is 24. The van der Waals surface area contributed by atoms with Crippen LogP contribution in [0.15, 0.2) is 194 Å². The molecule has 0 unspecified atom stereocenters. The molecule has 0 aliphatic heterocycles. The summed E-state index contributed by atoms with van der Waals surface area (Å²) in [6, 6.07) is 35.7. The van der Waals surface area contributed by atoms with Crippen molar-refractivity contribution in [1.82, 2.24) is 0 Å². The third-order valence-corrected chi connectivity index (χ3v) is 10.6. The van der Waals surface area contributed by atoms with Crippen molar-refractivity contribution < 1.29 is 120 Å². The molecule has 8 aromatic rings. The van der Waals surface area contributed by atoms with Gasteiger partial charge in [0.15, 0.2) is 0 Å². The molecule has 0 saturated heterocycles. The summed E-state index contributed by atoms with van der Waals surface area (Å²) < 4.78 is 313. The fraction of sp³-hybridized carbons (Fsp3) is 0.143. The first kappa shape index (κ1) is 65.3. The second-order valence-electron chi connectivity index (χ2n) is 16.5. The molecule has 0 spiro atoms. The lowest BCUT2D eigenvalue weighted by atomic mass is 9.95. The highest BCUT2D eigenvalue weighted by Gasteiger charge is 2.40. The van der Waals surface area contributed by atoms with Crippen molar-refractivity contribution in [3.63, 3.8) is 0 Å². The smallest absolute Gasteiger partial charge is 0.406 e. The number of alkyl halides is 24. The third kappa shape index (κ3) is 20.2. The Balaban J connectivity index is 0.000000203. The zero-order chi connectivity index (χ0) is 62.0. The number of hydrogen-bond donors (Lipinski definition) is 0. The van der Waals surface area contributed by atoms with E-state index in [4.69, 9.17) is 0 Å². The van der Waals surface area contributed by atoms with Gasteiger partial charge in [0.05, 0.1) is 27.8 Å². The van der Waals surface area contributed by atoms with Crippen molar-refractivity contribution >= 4 is 0 Å². The molecule has 0 fully saturated rings. The summed E-state index contributed by atoms with van der Waals surface area (Å²) in [5.74, 6) is -1.61. The lowest BCUT2D eigenvalue weighted by Crippen LogP contribution is -2.18. The van der Waals surface area contributed by atoms with E-state index >= 15 is 0 Å². The second kappa shape index (κ2) is 25.7. The average Bonchev–Trinajstić information content (AvgIpc) is 3.59. The van der Waals surface area contributed by atoms with Gasteiger partial charge < -0.3 is 14.2 Å². The van der Waals surface area contributed by atoms with Crippen LogP contribution in [0.5, 0.6) is 17.2 Å². The monoisotopic (exact) mass is 1210 g/mol. The van der Waals surface area contributed by atoms with Gasteiger partial charge in [0.1, 0.15) is 17.2 Å². The summed E-state index contributed by atoms with van der Waals surface area (Å²) in [5.41, 5.74) is -5.90. The van der Waals surface area contributed by atoms with Crippen LogP contribution in [0.25, 0.3) is 44.5 Å². The molecule has 0 heterocycles. The van der Waals surface area contributed by atoms with Crippen molar-refractivity contribution in [2.45, 2.75) is 50.0 Å². The molecule has 0 bridgehead atoms. The summed E-state index contributed by atoms with van der Waals surface area (Å²) >= 11 is 0. The Morgan fingerprint density at radius 1 is 0.217 bits per heavy atom. The fourth-order valence-electron chi connectivity index (χ4n) is 7.29. The van der Waals surface area contributed by atoms with E-state index in [0.717, 1.165) is 109 Å². The van der Waals surface area contributed by atoms with Crippen molar-refractivity contribution in [1.29, 1.82) is 0 Å². The summed E-state index contributed by atoms with van der Waals surface area (Å²) in [6.45, 7) is 0. The van der Waals surface area contributed by atoms with Gasteiger partial charge in [-0.25, -0.2) is 0 Å². The van der Waals surface area contributed by atoms with Crippen molar-refractivity contribution in [2.75, 3.05) is 0 Å². The standard InChI is InChI=1S/C14H8F6O2.C14H8F6O.2C14H8F6/c15-13(16,17)21-11-5-1-3-9(7-11)10-4-2-6-12(8-10)22-14(18,19)20;15-13(16,17)11-7-3-1-5-9(11)10-6-2-4-8-12(10)21-14(18,19)20;15-13(16,17)11-5-1-3-9(7-11)10-4-2-6-12(8-10)14(18,19)20;15-13(16,17)11-7-3-1-5-9(11)10-6-2-4-8-12(10)14(18,19)20/h1-8H;1-8H;2*1-8H. The minimum atomic E-state index is -4.98. The molecule has 8 aromatic carbocycles. The Hall–Kier alpha value is -8.52. The highest BCUT2D eigenvalue weighted by atomic mass is 19.4. The van der Waals surface area contributed by atoms with Crippen LogP contribution in [-0.4, -0.2) is 19.1 Å². The lowest BCUT2D eigenvalue weighted by molar-refractivity contribution is -0.275. The first-order valence-corrected chi connectivity index (χ1v) is 22.6. The molecule has 0 aliphatic rings. The molecule has 8 rings (SSSR count). The molecule has 0 radical (unpaired) electrons. The van der Waals surface area contributed by atoms with Gasteiger partial charge in [-0.15, -0.1) is 39.5 Å². The molecule has 3 nitrogen and oxygen atoms in total. The number of hydrogen-bond acceptors (Lipinski definition) is 3. The van der Waals surface area contributed by atoms with Crippen molar-refractivity contribution in [3.8, 4) is 61.8 Å². The van der Waals surface area contributed by atoms with Crippen LogP contribution < -0.4 is 14.2 Å². The van der Waals surface area contributed by atoms with Gasteiger partial charge in [-0.05, 0) is 112 Å². The first-order chi connectivity index (χ1) is 38.2. The molecular formula is C56H32F24O3. The van der Waals surface area contributed by atoms with Crippen LogP contribution >= 0.6 is 0 Å². The van der Waals surface area contributed by atoms with E-state index in [1.54, 1.807) is 0 Å². The Kier molecular flexibility index (Phi) is 20.2. The molecule has 0 saturated carbocycles. The maximum atomic E-state index is 12.9. The third-order valence-electron chi connectivity index (χ3n) is 10.6. The molecule has 0 amide bonds. The average molecular weight is 1210 g/mol. The van der Waals surface area contributed by atoms with Gasteiger partial charge in [0.2, 0.25) is 0 Å². The Morgan fingerprint density at radius 2 is 0.482 bits per heavy atom. The SMILES string of the molecule is FC(F)(F)Oc1cccc(-c2cccc(OC(F)(F)F)c2)c1.FC(F)(F)Oc1ccccc1-c1ccccc1C(F)(F)F.FC(F)(F)c1cccc(-c2cccc(C(F)(F)F)c2)c1.FC(F)(F)c1ccccc1-c1ccccc1C(F)(F)F. The quantitative estimate of drug-likeness (QED) is 0.149. The highest BCUT2D eigenvalue weighted by molar-refractivity contribution is 5.74. The minimum absolute atomic E-state index is 0.0888. The van der Waals surface area contributed by atoms with E-state index < -0.39 is 106 Å². The predicted molar refractivity (Wildman–Crippen MR) is 253 cm³/mol. The largest absolute Gasteiger partial charge is 0.573 e. The first-order valence-electron chi connectivity index (χ1n) is 22.6. The molecule has 83 heavy (non-hydrogen) atoms. The second-order valence-corrected chi connectivity index (χ2v) is 16.5. The van der Waals surface area contributed by atoms with Gasteiger partial charge in [-0.3, -0.25) is 0 Å². The lowest BCUT2D eigenvalue weighted by Gasteiger charge is -2.17. The van der Waals surface area contributed by atoms with E-state index in [0.29, 0.717) is 0 Å². The van der Waals surface area contributed by atoms with Gasteiger partial charge in [-0.1, -0.05) is 121 Å². The molecular weight excluding hydrogens is 1180 g/mol. The molecule has 0 aliphatic carbocycles. The number of ether oxygens (including phenoxy) is 3. The number of benzene rings is 8. The van der Waals surface area contributed by atoms with E-state index in [2.05, 4.69) is 14.2 Å². The fourth-order valence-corrected chi connectivity index (χ4v) is 7.29. The van der Waals surface area contributed by atoms with Gasteiger partial charge >= 0.3 is 50.0 Å². The molecule has 27 heteroatoms. The van der Waals surface area contributed by atoms with E-state index in [1.807, 2.05) is 0 Å². The minimum Gasteiger partial charge on any atom is -0.406 e. The summed E-state index contributed by atoms with van der Waals surface area (Å²) in [4.78, 5) is 0. The number of para-hydroxylation sites is 1. The Labute approximate surface area is 452 Å². The summed E-state index contributed by atoms with van der Waals surface area (Å²) in [5, 5.41) is 0. The predicted octanol–water partition coefficient (Wildman–Crippen LogP) is 21.2. The van der Waals surface area contributed by atoms with Crippen LogP contribution in [0.4, 0.5) is 105 Å². The number of rotatable bonds is 7. The van der Waals surface area contributed by atoms with Crippen molar-refractivity contribution in [3.05, 3.63) is 222 Å². The van der Waals surface area contributed by atoms with Crippen LogP contribution in [0.1, 0.15) is 27.8 Å².